The van der Waals surface area contributed by atoms with Crippen LogP contribution >= 0.6 is 0 Å². The topological polar surface area (TPSA) is 49.3 Å². The SMILES string of the molecule is O=C(O)C1NC2CCC1CC2(F)F. The van der Waals surface area contributed by atoms with Crippen LogP contribution in [-0.2, 0) is 4.79 Å². The van der Waals surface area contributed by atoms with Crippen LogP contribution in [0, 0.1) is 5.92 Å². The molecule has 3 fully saturated rings. The molecule has 3 unspecified atom stereocenters. The van der Waals surface area contributed by atoms with Gasteiger partial charge >= 0.3 is 5.97 Å². The molecule has 2 aliphatic heterocycles. The van der Waals surface area contributed by atoms with Crippen LogP contribution < -0.4 is 5.32 Å². The molecule has 0 radical (unpaired) electrons. The number of piperidine rings is 2. The smallest absolute Gasteiger partial charge is 0.320 e. The summed E-state index contributed by atoms with van der Waals surface area (Å²) in [4.78, 5) is 10.6. The Morgan fingerprint density at radius 1 is 1.46 bits per heavy atom. The van der Waals surface area contributed by atoms with Gasteiger partial charge in [0, 0.05) is 6.42 Å². The quantitative estimate of drug-likeness (QED) is 0.646. The summed E-state index contributed by atoms with van der Waals surface area (Å²) < 4.78 is 26.2. The largest absolute Gasteiger partial charge is 0.480 e. The number of nitrogens with one attached hydrogen (secondary N) is 1. The van der Waals surface area contributed by atoms with Gasteiger partial charge in [0.2, 0.25) is 0 Å². The zero-order valence-corrected chi connectivity index (χ0v) is 6.96. The first kappa shape index (κ1) is 8.87. The van der Waals surface area contributed by atoms with E-state index in [-0.39, 0.29) is 6.42 Å². The molecule has 3 nitrogen and oxygen atoms in total. The van der Waals surface area contributed by atoms with Gasteiger partial charge in [-0.2, -0.15) is 0 Å². The second-order valence-corrected chi connectivity index (χ2v) is 3.84. The van der Waals surface area contributed by atoms with Crippen LogP contribution in [0.15, 0.2) is 0 Å². The summed E-state index contributed by atoms with van der Waals surface area (Å²) in [6.45, 7) is 0. The van der Waals surface area contributed by atoms with Gasteiger partial charge in [-0.1, -0.05) is 0 Å². The third-order valence-corrected chi connectivity index (χ3v) is 2.99. The molecule has 5 heteroatoms. The fourth-order valence-corrected chi connectivity index (χ4v) is 2.30. The van der Waals surface area contributed by atoms with Crippen molar-refractivity contribution in [3.63, 3.8) is 0 Å². The summed E-state index contributed by atoms with van der Waals surface area (Å²) in [5.74, 6) is -4.13. The molecule has 13 heavy (non-hydrogen) atoms. The summed E-state index contributed by atoms with van der Waals surface area (Å²) in [7, 11) is 0. The van der Waals surface area contributed by atoms with Crippen molar-refractivity contribution in [1.29, 1.82) is 0 Å². The van der Waals surface area contributed by atoms with Crippen molar-refractivity contribution in [3.05, 3.63) is 0 Å². The zero-order chi connectivity index (χ0) is 9.64. The van der Waals surface area contributed by atoms with Crippen LogP contribution in [0.5, 0.6) is 0 Å². The molecule has 0 amide bonds. The van der Waals surface area contributed by atoms with Crippen molar-refractivity contribution >= 4 is 5.97 Å². The average Bonchev–Trinajstić information content (AvgIpc) is 2.02. The number of carbonyl (C=O) groups is 1. The molecule has 0 spiro atoms. The fraction of sp³-hybridized carbons (Fsp3) is 0.875. The lowest BCUT2D eigenvalue weighted by Crippen LogP contribution is -2.64. The van der Waals surface area contributed by atoms with Gasteiger partial charge in [-0.3, -0.25) is 10.1 Å². The monoisotopic (exact) mass is 191 g/mol. The molecular weight excluding hydrogens is 180 g/mol. The summed E-state index contributed by atoms with van der Waals surface area (Å²) >= 11 is 0. The zero-order valence-electron chi connectivity index (χ0n) is 6.96. The number of hydrogen-bond acceptors (Lipinski definition) is 2. The summed E-state index contributed by atoms with van der Waals surface area (Å²) in [5.41, 5.74) is 0. The van der Waals surface area contributed by atoms with E-state index in [0.717, 1.165) is 0 Å². The molecule has 1 saturated carbocycles. The average molecular weight is 191 g/mol. The van der Waals surface area contributed by atoms with E-state index >= 15 is 0 Å². The van der Waals surface area contributed by atoms with E-state index in [1.807, 2.05) is 0 Å². The highest BCUT2D eigenvalue weighted by Crippen LogP contribution is 2.42. The Morgan fingerprint density at radius 2 is 2.15 bits per heavy atom. The Balaban J connectivity index is 2.16. The molecular formula is C8H11F2NO2. The van der Waals surface area contributed by atoms with E-state index in [2.05, 4.69) is 5.32 Å². The Hall–Kier alpha value is -0.710. The lowest BCUT2D eigenvalue weighted by Gasteiger charge is -2.46. The Bertz CT molecular complexity index is 244. The van der Waals surface area contributed by atoms with Crippen LogP contribution in [0.1, 0.15) is 19.3 Å². The summed E-state index contributed by atoms with van der Waals surface area (Å²) in [6, 6.07) is -1.70. The molecule has 2 bridgehead atoms. The number of carboxylic acids is 1. The molecule has 3 rings (SSSR count). The lowest BCUT2D eigenvalue weighted by molar-refractivity contribution is -0.156. The van der Waals surface area contributed by atoms with Crippen LogP contribution in [0.3, 0.4) is 0 Å². The van der Waals surface area contributed by atoms with E-state index in [1.54, 1.807) is 0 Å². The van der Waals surface area contributed by atoms with Gasteiger partial charge in [0.25, 0.3) is 5.92 Å². The number of fused-ring (bicyclic) bond motifs is 3. The normalized spacial score (nSPS) is 41.8. The van der Waals surface area contributed by atoms with Crippen molar-refractivity contribution in [1.82, 2.24) is 5.32 Å². The Kier molecular flexibility index (Phi) is 1.80. The fourth-order valence-electron chi connectivity index (χ4n) is 2.30. The third-order valence-electron chi connectivity index (χ3n) is 2.99. The number of aliphatic carboxylic acids is 1. The second kappa shape index (κ2) is 2.64. The van der Waals surface area contributed by atoms with Crippen LogP contribution in [0.4, 0.5) is 8.78 Å². The number of carboxylic acid groups (broad SMARTS) is 1. The standard InChI is InChI=1S/C8H11F2NO2/c9-8(10)3-4-1-2-5(8)11-6(4)7(12)13/h4-6,11H,1-3H2,(H,12,13). The lowest BCUT2D eigenvalue weighted by atomic mass is 9.74. The van der Waals surface area contributed by atoms with Gasteiger partial charge in [-0.15, -0.1) is 0 Å². The maximum absolute atomic E-state index is 13.1. The summed E-state index contributed by atoms with van der Waals surface area (Å²) in [5, 5.41) is 11.2. The molecule has 2 N–H and O–H groups in total. The molecule has 0 aromatic heterocycles. The van der Waals surface area contributed by atoms with Gasteiger partial charge < -0.3 is 5.11 Å². The Morgan fingerprint density at radius 3 is 2.54 bits per heavy atom. The highest BCUT2D eigenvalue weighted by Gasteiger charge is 2.54. The molecule has 2 saturated heterocycles. The molecule has 1 aliphatic carbocycles. The molecule has 74 valence electrons. The van der Waals surface area contributed by atoms with Crippen molar-refractivity contribution in [2.24, 2.45) is 5.92 Å². The predicted octanol–water partition coefficient (Wildman–Crippen LogP) is 0.847. The molecule has 0 aromatic rings. The van der Waals surface area contributed by atoms with E-state index in [1.165, 1.54) is 0 Å². The highest BCUT2D eigenvalue weighted by molar-refractivity contribution is 5.74. The number of alkyl halides is 2. The predicted molar refractivity (Wildman–Crippen MR) is 40.6 cm³/mol. The van der Waals surface area contributed by atoms with Crippen LogP contribution in [0.25, 0.3) is 0 Å². The highest BCUT2D eigenvalue weighted by atomic mass is 19.3. The second-order valence-electron chi connectivity index (χ2n) is 3.84. The van der Waals surface area contributed by atoms with Crippen LogP contribution in [-0.4, -0.2) is 29.1 Å². The molecule has 2 heterocycles. The first-order valence-corrected chi connectivity index (χ1v) is 4.37. The van der Waals surface area contributed by atoms with E-state index in [0.29, 0.717) is 12.8 Å². The third kappa shape index (κ3) is 1.31. The first-order valence-electron chi connectivity index (χ1n) is 4.37. The molecule has 3 aliphatic rings. The number of halogens is 2. The maximum atomic E-state index is 13.1. The van der Waals surface area contributed by atoms with Crippen molar-refractivity contribution < 1.29 is 18.7 Å². The van der Waals surface area contributed by atoms with Gasteiger partial charge in [0.1, 0.15) is 6.04 Å². The number of rotatable bonds is 1. The molecule has 0 aromatic carbocycles. The minimum atomic E-state index is -2.71. The first-order chi connectivity index (χ1) is 6.00. The molecule has 3 atom stereocenters. The van der Waals surface area contributed by atoms with Gasteiger partial charge in [-0.05, 0) is 18.8 Å². The van der Waals surface area contributed by atoms with Crippen molar-refractivity contribution in [2.45, 2.75) is 37.3 Å². The minimum absolute atomic E-state index is 0.276. The summed E-state index contributed by atoms with van der Waals surface area (Å²) in [6.07, 6.45) is 0.716. The van der Waals surface area contributed by atoms with E-state index < -0.39 is 29.9 Å². The van der Waals surface area contributed by atoms with Crippen molar-refractivity contribution in [3.8, 4) is 0 Å². The minimum Gasteiger partial charge on any atom is -0.480 e. The van der Waals surface area contributed by atoms with Gasteiger partial charge in [0.05, 0.1) is 6.04 Å². The maximum Gasteiger partial charge on any atom is 0.320 e. The van der Waals surface area contributed by atoms with Gasteiger partial charge in [0.15, 0.2) is 0 Å². The van der Waals surface area contributed by atoms with E-state index in [9.17, 15) is 13.6 Å². The van der Waals surface area contributed by atoms with Crippen molar-refractivity contribution in [2.75, 3.05) is 0 Å². The van der Waals surface area contributed by atoms with E-state index in [4.69, 9.17) is 5.11 Å². The van der Waals surface area contributed by atoms with Crippen LogP contribution in [0.2, 0.25) is 0 Å². The Labute approximate surface area is 74.1 Å². The van der Waals surface area contributed by atoms with Gasteiger partial charge in [-0.25, -0.2) is 8.78 Å². The number of hydrogen-bond donors (Lipinski definition) is 2.